The molecular weight excluding hydrogens is 441 g/mol. The van der Waals surface area contributed by atoms with Gasteiger partial charge < -0.3 is 4.74 Å². The van der Waals surface area contributed by atoms with E-state index >= 15 is 0 Å². The third kappa shape index (κ3) is 4.62. The molecule has 164 valence electrons. The number of allylic oxidation sites excluding steroid dienone is 3. The maximum Gasteiger partial charge on any atom is 0.435 e. The molecule has 0 radical (unpaired) electrons. The number of carbonyl (C=O) groups is 1. The van der Waals surface area contributed by atoms with E-state index < -0.39 is 11.9 Å². The van der Waals surface area contributed by atoms with Gasteiger partial charge in [0.1, 0.15) is 12.4 Å². The number of rotatable bonds is 6. The first kappa shape index (κ1) is 21.9. The van der Waals surface area contributed by atoms with Crippen molar-refractivity contribution in [2.24, 2.45) is 0 Å². The molecule has 32 heavy (non-hydrogen) atoms. The number of alkyl halides is 3. The second-order valence-electron chi connectivity index (χ2n) is 7.13. The van der Waals surface area contributed by atoms with Gasteiger partial charge in [-0.15, -0.1) is 0 Å². The molecule has 0 aliphatic heterocycles. The molecule has 0 spiro atoms. The number of aromatic nitrogens is 2. The Labute approximate surface area is 187 Å². The van der Waals surface area contributed by atoms with Crippen LogP contribution in [0.2, 0.25) is 5.02 Å². The number of ketones is 1. The third-order valence-corrected chi connectivity index (χ3v) is 5.24. The highest BCUT2D eigenvalue weighted by molar-refractivity contribution is 6.32. The van der Waals surface area contributed by atoms with Crippen LogP contribution in [0.25, 0.3) is 5.69 Å². The van der Waals surface area contributed by atoms with Crippen molar-refractivity contribution in [1.82, 2.24) is 9.78 Å². The summed E-state index contributed by atoms with van der Waals surface area (Å²) < 4.78 is 47.0. The predicted octanol–water partition coefficient (Wildman–Crippen LogP) is 6.55. The van der Waals surface area contributed by atoms with Crippen LogP contribution in [0.1, 0.15) is 34.6 Å². The first-order chi connectivity index (χ1) is 15.3. The highest BCUT2D eigenvalue weighted by atomic mass is 35.5. The van der Waals surface area contributed by atoms with E-state index in [9.17, 15) is 18.0 Å². The Morgan fingerprint density at radius 1 is 1.03 bits per heavy atom. The zero-order chi connectivity index (χ0) is 22.7. The molecule has 1 aliphatic rings. The lowest BCUT2D eigenvalue weighted by molar-refractivity contribution is -0.141. The molecule has 8 heteroatoms. The van der Waals surface area contributed by atoms with Crippen molar-refractivity contribution in [2.75, 3.05) is 0 Å². The summed E-state index contributed by atoms with van der Waals surface area (Å²) in [4.78, 5) is 12.9. The van der Waals surface area contributed by atoms with Gasteiger partial charge >= 0.3 is 6.18 Å². The van der Waals surface area contributed by atoms with Gasteiger partial charge in [-0.1, -0.05) is 60.1 Å². The molecule has 3 aromatic rings. The molecule has 0 fully saturated rings. The molecular formula is C24H18ClF3N2O2. The quantitative estimate of drug-likeness (QED) is 0.393. The maximum atomic E-state index is 13.3. The Morgan fingerprint density at radius 3 is 2.44 bits per heavy atom. The van der Waals surface area contributed by atoms with Gasteiger partial charge in [-0.05, 0) is 37.1 Å². The fourth-order valence-electron chi connectivity index (χ4n) is 3.38. The molecule has 0 atom stereocenters. The summed E-state index contributed by atoms with van der Waals surface area (Å²) in [7, 11) is 0. The van der Waals surface area contributed by atoms with Gasteiger partial charge in [-0.2, -0.15) is 18.3 Å². The molecule has 1 aromatic heterocycles. The molecule has 4 rings (SSSR count). The predicted molar refractivity (Wildman–Crippen MR) is 115 cm³/mol. The number of ether oxygens (including phenoxy) is 1. The molecule has 1 heterocycles. The number of hydrogen-bond acceptors (Lipinski definition) is 3. The van der Waals surface area contributed by atoms with Gasteiger partial charge in [0.25, 0.3) is 0 Å². The van der Waals surface area contributed by atoms with Gasteiger partial charge in [0.15, 0.2) is 11.5 Å². The van der Waals surface area contributed by atoms with Crippen molar-refractivity contribution in [3.63, 3.8) is 0 Å². The molecule has 0 bridgehead atoms. The Balaban J connectivity index is 1.62. The van der Waals surface area contributed by atoms with E-state index in [-0.39, 0.29) is 23.1 Å². The van der Waals surface area contributed by atoms with Crippen LogP contribution in [0.5, 0.6) is 0 Å². The number of Topliss-reactive ketones (excluding diaryl/α,β-unsaturated/α-hetero) is 1. The van der Waals surface area contributed by atoms with Crippen molar-refractivity contribution < 1.29 is 22.7 Å². The van der Waals surface area contributed by atoms with Crippen molar-refractivity contribution in [1.29, 1.82) is 0 Å². The number of hydrogen-bond donors (Lipinski definition) is 0. The van der Waals surface area contributed by atoms with E-state index in [2.05, 4.69) is 5.10 Å². The first-order valence-corrected chi connectivity index (χ1v) is 10.3. The van der Waals surface area contributed by atoms with Gasteiger partial charge in [-0.25, -0.2) is 4.68 Å². The van der Waals surface area contributed by atoms with E-state index in [1.54, 1.807) is 60.7 Å². The molecule has 0 amide bonds. The SMILES string of the molecule is O=C(C1=CCCC=C1OCc1cc(C(F)(F)F)nn1-c1ccccc1Cl)c1ccccc1. The molecule has 0 saturated heterocycles. The van der Waals surface area contributed by atoms with E-state index in [1.165, 1.54) is 0 Å². The molecule has 0 N–H and O–H groups in total. The molecule has 1 aliphatic carbocycles. The second-order valence-corrected chi connectivity index (χ2v) is 7.54. The van der Waals surface area contributed by atoms with Crippen LogP contribution in [-0.2, 0) is 17.5 Å². The molecule has 2 aromatic carbocycles. The summed E-state index contributed by atoms with van der Waals surface area (Å²) in [5, 5.41) is 3.96. The number of benzene rings is 2. The maximum absolute atomic E-state index is 13.3. The first-order valence-electron chi connectivity index (χ1n) is 9.89. The Bertz CT molecular complexity index is 1200. The smallest absolute Gasteiger partial charge is 0.435 e. The van der Waals surface area contributed by atoms with Crippen LogP contribution >= 0.6 is 11.6 Å². The fraction of sp³-hybridized carbons (Fsp3) is 0.167. The van der Waals surface area contributed by atoms with E-state index in [0.29, 0.717) is 35.4 Å². The number of nitrogens with zero attached hydrogens (tertiary/aromatic N) is 2. The van der Waals surface area contributed by atoms with Crippen molar-refractivity contribution in [3.8, 4) is 5.69 Å². The van der Waals surface area contributed by atoms with Crippen LogP contribution in [0.4, 0.5) is 13.2 Å². The van der Waals surface area contributed by atoms with Gasteiger partial charge in [0.2, 0.25) is 0 Å². The summed E-state index contributed by atoms with van der Waals surface area (Å²) in [6.45, 7) is -0.223. The summed E-state index contributed by atoms with van der Waals surface area (Å²) in [6.07, 6.45) is 0.281. The third-order valence-electron chi connectivity index (χ3n) is 4.92. The largest absolute Gasteiger partial charge is 0.487 e. The van der Waals surface area contributed by atoms with Gasteiger partial charge in [-0.3, -0.25) is 4.79 Å². The standard InChI is InChI=1S/C24H18ClF3N2O2/c25-19-11-5-6-12-20(19)30-17(14-22(29-30)24(26,27)28)15-32-21-13-7-4-10-18(21)23(31)16-8-2-1-3-9-16/h1-3,5-6,8-14H,4,7,15H2. The number of para-hydroxylation sites is 1. The van der Waals surface area contributed by atoms with Crippen LogP contribution in [0, 0.1) is 0 Å². The minimum absolute atomic E-state index is 0.156. The summed E-state index contributed by atoms with van der Waals surface area (Å²) in [6, 6.07) is 16.2. The topological polar surface area (TPSA) is 44.1 Å². The van der Waals surface area contributed by atoms with E-state index in [4.69, 9.17) is 16.3 Å². The highest BCUT2D eigenvalue weighted by Crippen LogP contribution is 2.32. The number of carbonyl (C=O) groups excluding carboxylic acids is 1. The lowest BCUT2D eigenvalue weighted by Gasteiger charge is -2.17. The average Bonchev–Trinajstić information content (AvgIpc) is 3.23. The summed E-state index contributed by atoms with van der Waals surface area (Å²) in [5.74, 6) is 0.137. The average molecular weight is 459 g/mol. The zero-order valence-electron chi connectivity index (χ0n) is 16.8. The molecule has 0 saturated carbocycles. The fourth-order valence-corrected chi connectivity index (χ4v) is 3.60. The highest BCUT2D eigenvalue weighted by Gasteiger charge is 2.35. The molecule has 4 nitrogen and oxygen atoms in total. The monoisotopic (exact) mass is 458 g/mol. The van der Waals surface area contributed by atoms with Gasteiger partial charge in [0, 0.05) is 5.56 Å². The Morgan fingerprint density at radius 2 is 1.72 bits per heavy atom. The minimum Gasteiger partial charge on any atom is -0.487 e. The van der Waals surface area contributed by atoms with Crippen LogP contribution in [-0.4, -0.2) is 15.6 Å². The Hall–Kier alpha value is -3.32. The van der Waals surface area contributed by atoms with Crippen LogP contribution in [0.3, 0.4) is 0 Å². The van der Waals surface area contributed by atoms with E-state index in [0.717, 1.165) is 10.7 Å². The zero-order valence-corrected chi connectivity index (χ0v) is 17.5. The Kier molecular flexibility index (Phi) is 6.19. The van der Waals surface area contributed by atoms with Crippen LogP contribution in [0.15, 0.2) is 84.1 Å². The summed E-state index contributed by atoms with van der Waals surface area (Å²) >= 11 is 6.19. The van der Waals surface area contributed by atoms with Gasteiger partial charge in [0.05, 0.1) is 22.0 Å². The van der Waals surface area contributed by atoms with Crippen LogP contribution < -0.4 is 0 Å². The molecule has 0 unspecified atom stereocenters. The summed E-state index contributed by atoms with van der Waals surface area (Å²) in [5.41, 5.74) is 0.308. The minimum atomic E-state index is -4.63. The van der Waals surface area contributed by atoms with Crippen molar-refractivity contribution in [2.45, 2.75) is 25.6 Å². The van der Waals surface area contributed by atoms with Crippen molar-refractivity contribution in [3.05, 3.63) is 106 Å². The number of halogens is 4. The van der Waals surface area contributed by atoms with E-state index in [1.807, 2.05) is 6.07 Å². The second kappa shape index (κ2) is 9.04. The lowest BCUT2D eigenvalue weighted by Crippen LogP contribution is -2.12. The lowest BCUT2D eigenvalue weighted by atomic mass is 9.96. The van der Waals surface area contributed by atoms with Crippen molar-refractivity contribution >= 4 is 17.4 Å². The normalized spacial score (nSPS) is 14.0.